The third kappa shape index (κ3) is 4.89. The molecule has 1 aliphatic rings. The Morgan fingerprint density at radius 1 is 1.12 bits per heavy atom. The lowest BCUT2D eigenvalue weighted by molar-refractivity contribution is -0.146. The van der Waals surface area contributed by atoms with Crippen molar-refractivity contribution in [3.8, 4) is 23.0 Å². The lowest BCUT2D eigenvalue weighted by Crippen LogP contribution is -2.42. The molecule has 7 nitrogen and oxygen atoms in total. The molecular weight excluding hydrogens is 338 g/mol. The minimum Gasteiger partial charge on any atom is -0.486 e. The zero-order valence-corrected chi connectivity index (χ0v) is 14.3. The second-order valence-corrected chi connectivity index (χ2v) is 5.66. The van der Waals surface area contributed by atoms with Gasteiger partial charge in [0.15, 0.2) is 18.1 Å². The average molecular weight is 357 g/mol. The van der Waals surface area contributed by atoms with Gasteiger partial charge >= 0.3 is 5.97 Å². The fourth-order valence-electron chi connectivity index (χ4n) is 2.33. The van der Waals surface area contributed by atoms with Crippen LogP contribution in [0.3, 0.4) is 0 Å². The fourth-order valence-corrected chi connectivity index (χ4v) is 2.33. The van der Waals surface area contributed by atoms with E-state index in [1.54, 1.807) is 18.2 Å². The Labute approximate surface area is 150 Å². The van der Waals surface area contributed by atoms with Crippen molar-refractivity contribution in [1.82, 2.24) is 5.32 Å². The fraction of sp³-hybridized carbons (Fsp3) is 0.263. The van der Waals surface area contributed by atoms with Crippen LogP contribution in [0.25, 0.3) is 0 Å². The summed E-state index contributed by atoms with van der Waals surface area (Å²) in [5.74, 6) is 1.65. The molecule has 1 unspecified atom stereocenters. The van der Waals surface area contributed by atoms with Crippen molar-refractivity contribution in [2.24, 2.45) is 0 Å². The highest BCUT2D eigenvalue weighted by Crippen LogP contribution is 2.36. The maximum absolute atomic E-state index is 11.6. The lowest BCUT2D eigenvalue weighted by Gasteiger charge is -2.27. The van der Waals surface area contributed by atoms with Crippen molar-refractivity contribution in [3.05, 3.63) is 48.5 Å². The number of carbonyl (C=O) groups excluding carboxylic acids is 2. The van der Waals surface area contributed by atoms with E-state index in [1.165, 1.54) is 6.92 Å². The minimum absolute atomic E-state index is 0.252. The van der Waals surface area contributed by atoms with Crippen molar-refractivity contribution in [3.63, 3.8) is 0 Å². The first-order valence-corrected chi connectivity index (χ1v) is 8.16. The predicted octanol–water partition coefficient (Wildman–Crippen LogP) is 2.30. The van der Waals surface area contributed by atoms with E-state index in [0.717, 1.165) is 5.75 Å². The summed E-state index contributed by atoms with van der Waals surface area (Å²) in [6.07, 6.45) is -0.329. The zero-order chi connectivity index (χ0) is 18.4. The number of esters is 1. The molecule has 7 heteroatoms. The molecule has 2 aromatic rings. The number of amides is 1. The van der Waals surface area contributed by atoms with Gasteiger partial charge in [0, 0.05) is 13.0 Å². The topological polar surface area (TPSA) is 83.1 Å². The van der Waals surface area contributed by atoms with Crippen LogP contribution in [0.15, 0.2) is 48.5 Å². The first-order valence-electron chi connectivity index (χ1n) is 8.16. The van der Waals surface area contributed by atoms with E-state index in [1.807, 2.05) is 30.3 Å². The van der Waals surface area contributed by atoms with Gasteiger partial charge in [-0.25, -0.2) is 0 Å². The molecule has 1 aliphatic heterocycles. The van der Waals surface area contributed by atoms with Crippen molar-refractivity contribution >= 4 is 11.9 Å². The Bertz CT molecular complexity index is 777. The lowest BCUT2D eigenvalue weighted by atomic mass is 10.2. The number of hydrogen-bond donors (Lipinski definition) is 1. The number of ether oxygens (including phenoxy) is 4. The van der Waals surface area contributed by atoms with Crippen molar-refractivity contribution in [2.45, 2.75) is 13.0 Å². The van der Waals surface area contributed by atoms with Crippen LogP contribution in [0.1, 0.15) is 6.92 Å². The molecule has 0 spiro atoms. The molecule has 0 fully saturated rings. The number of rotatable bonds is 6. The summed E-state index contributed by atoms with van der Waals surface area (Å²) in [4.78, 5) is 22.2. The van der Waals surface area contributed by atoms with Crippen LogP contribution in [0.2, 0.25) is 0 Å². The van der Waals surface area contributed by atoms with Crippen molar-refractivity contribution in [1.29, 1.82) is 0 Å². The maximum atomic E-state index is 11.6. The highest BCUT2D eigenvalue weighted by Gasteiger charge is 2.22. The Hall–Kier alpha value is -3.22. The molecule has 1 heterocycles. The molecule has 26 heavy (non-hydrogen) atoms. The summed E-state index contributed by atoms with van der Waals surface area (Å²) in [5.41, 5.74) is 0. The number of fused-ring (bicyclic) bond motifs is 1. The van der Waals surface area contributed by atoms with Crippen LogP contribution >= 0.6 is 0 Å². The number of nitrogens with one attached hydrogen (secondary N) is 1. The Balaban J connectivity index is 1.53. The SMILES string of the molecule is CC(=O)OCC(=O)NCC1COc2cc(Oc3ccccc3)ccc2O1. The second-order valence-electron chi connectivity index (χ2n) is 5.66. The molecule has 1 N–H and O–H groups in total. The van der Waals surface area contributed by atoms with Crippen LogP contribution in [0.5, 0.6) is 23.0 Å². The quantitative estimate of drug-likeness (QED) is 0.799. The molecule has 136 valence electrons. The molecule has 0 bridgehead atoms. The van der Waals surface area contributed by atoms with Crippen LogP contribution in [-0.2, 0) is 14.3 Å². The molecule has 3 rings (SSSR count). The molecule has 1 atom stereocenters. The number of hydrogen-bond acceptors (Lipinski definition) is 6. The Morgan fingerprint density at radius 3 is 2.69 bits per heavy atom. The summed E-state index contributed by atoms with van der Waals surface area (Å²) < 4.78 is 21.9. The maximum Gasteiger partial charge on any atom is 0.303 e. The Kier molecular flexibility index (Phi) is 5.58. The summed E-state index contributed by atoms with van der Waals surface area (Å²) >= 11 is 0. The molecule has 0 aliphatic carbocycles. The van der Waals surface area contributed by atoms with Crippen LogP contribution in [-0.4, -0.2) is 37.7 Å². The van der Waals surface area contributed by atoms with Gasteiger partial charge in [0.1, 0.15) is 24.2 Å². The molecule has 1 amide bonds. The zero-order valence-electron chi connectivity index (χ0n) is 14.3. The van der Waals surface area contributed by atoms with Gasteiger partial charge in [0.2, 0.25) is 0 Å². The normalized spacial score (nSPS) is 15.0. The standard InChI is InChI=1S/C19H19NO6/c1-13(21)23-12-19(22)20-10-16-11-24-18-9-15(7-8-17(18)26-16)25-14-5-3-2-4-6-14/h2-9,16H,10-12H2,1H3,(H,20,22). The van der Waals surface area contributed by atoms with Crippen LogP contribution < -0.4 is 19.5 Å². The first kappa shape index (κ1) is 17.6. The molecule has 0 saturated heterocycles. The van der Waals surface area contributed by atoms with Gasteiger partial charge in [-0.3, -0.25) is 9.59 Å². The van der Waals surface area contributed by atoms with E-state index in [0.29, 0.717) is 17.2 Å². The van der Waals surface area contributed by atoms with E-state index in [9.17, 15) is 9.59 Å². The van der Waals surface area contributed by atoms with Crippen molar-refractivity contribution < 1.29 is 28.5 Å². The molecule has 2 aromatic carbocycles. The van der Waals surface area contributed by atoms with Gasteiger partial charge in [-0.1, -0.05) is 18.2 Å². The van der Waals surface area contributed by atoms with Gasteiger partial charge in [0.05, 0.1) is 6.54 Å². The van der Waals surface area contributed by atoms with Crippen LogP contribution in [0, 0.1) is 0 Å². The largest absolute Gasteiger partial charge is 0.486 e. The van der Waals surface area contributed by atoms with E-state index in [-0.39, 0.29) is 31.8 Å². The highest BCUT2D eigenvalue weighted by atomic mass is 16.6. The van der Waals surface area contributed by atoms with Gasteiger partial charge in [-0.05, 0) is 24.3 Å². The molecule has 0 radical (unpaired) electrons. The van der Waals surface area contributed by atoms with Gasteiger partial charge in [-0.15, -0.1) is 0 Å². The second kappa shape index (κ2) is 8.24. The van der Waals surface area contributed by atoms with E-state index in [4.69, 9.17) is 14.2 Å². The first-order chi connectivity index (χ1) is 12.6. The number of benzene rings is 2. The average Bonchev–Trinajstić information content (AvgIpc) is 2.65. The summed E-state index contributed by atoms with van der Waals surface area (Å²) in [7, 11) is 0. The summed E-state index contributed by atoms with van der Waals surface area (Å²) in [6, 6.07) is 14.8. The third-order valence-electron chi connectivity index (χ3n) is 3.55. The monoisotopic (exact) mass is 357 g/mol. The van der Waals surface area contributed by atoms with Crippen molar-refractivity contribution in [2.75, 3.05) is 19.8 Å². The van der Waals surface area contributed by atoms with Gasteiger partial charge in [-0.2, -0.15) is 0 Å². The number of para-hydroxylation sites is 1. The highest BCUT2D eigenvalue weighted by molar-refractivity contribution is 5.79. The molecule has 0 aromatic heterocycles. The minimum atomic E-state index is -0.500. The van der Waals surface area contributed by atoms with E-state index in [2.05, 4.69) is 10.1 Å². The smallest absolute Gasteiger partial charge is 0.303 e. The van der Waals surface area contributed by atoms with Crippen LogP contribution in [0.4, 0.5) is 0 Å². The van der Waals surface area contributed by atoms with Gasteiger partial charge < -0.3 is 24.3 Å². The molecule has 0 saturated carbocycles. The van der Waals surface area contributed by atoms with E-state index < -0.39 is 5.97 Å². The predicted molar refractivity (Wildman–Crippen MR) is 92.5 cm³/mol. The Morgan fingerprint density at radius 2 is 1.92 bits per heavy atom. The van der Waals surface area contributed by atoms with E-state index >= 15 is 0 Å². The summed E-state index contributed by atoms with van der Waals surface area (Å²) in [5, 5.41) is 2.64. The number of carbonyl (C=O) groups is 2. The summed E-state index contributed by atoms with van der Waals surface area (Å²) in [6.45, 7) is 1.48. The van der Waals surface area contributed by atoms with Gasteiger partial charge in [0.25, 0.3) is 5.91 Å². The molecular formula is C19H19NO6. The third-order valence-corrected chi connectivity index (χ3v) is 3.55.